The summed E-state index contributed by atoms with van der Waals surface area (Å²) in [6, 6.07) is 7.54. The van der Waals surface area contributed by atoms with Gasteiger partial charge in [0.05, 0.1) is 4.92 Å². The minimum atomic E-state index is -0.355. The van der Waals surface area contributed by atoms with E-state index in [1.54, 1.807) is 12.1 Å². The Balaban J connectivity index is 1.77. The third kappa shape index (κ3) is 3.77. The molecule has 104 valence electrons. The Bertz CT molecular complexity index is 417. The Morgan fingerprint density at radius 3 is 2.68 bits per heavy atom. The van der Waals surface area contributed by atoms with Crippen LogP contribution in [0.4, 0.5) is 5.69 Å². The van der Waals surface area contributed by atoms with Crippen LogP contribution in [0, 0.1) is 16.0 Å². The molecule has 1 N–H and O–H groups in total. The number of hydrogen-bond acceptors (Lipinski definition) is 3. The molecule has 2 unspecified atom stereocenters. The van der Waals surface area contributed by atoms with Crippen LogP contribution in [-0.2, 0) is 6.42 Å². The van der Waals surface area contributed by atoms with Crippen LogP contribution in [0.5, 0.6) is 0 Å². The lowest BCUT2D eigenvalue weighted by molar-refractivity contribution is -0.384. The largest absolute Gasteiger partial charge is 0.313 e. The van der Waals surface area contributed by atoms with Gasteiger partial charge >= 0.3 is 0 Å². The average Bonchev–Trinajstić information content (AvgIpc) is 2.87. The van der Waals surface area contributed by atoms with Gasteiger partial charge in [0.2, 0.25) is 0 Å². The van der Waals surface area contributed by atoms with Gasteiger partial charge in [0, 0.05) is 18.2 Å². The molecule has 1 aliphatic rings. The molecule has 1 saturated carbocycles. The summed E-state index contributed by atoms with van der Waals surface area (Å²) in [5.41, 5.74) is 1.32. The van der Waals surface area contributed by atoms with Gasteiger partial charge in [0.1, 0.15) is 0 Å². The van der Waals surface area contributed by atoms with E-state index in [0.717, 1.165) is 24.4 Å². The minimum absolute atomic E-state index is 0.165. The monoisotopic (exact) mass is 262 g/mol. The summed E-state index contributed by atoms with van der Waals surface area (Å²) in [5.74, 6) is 0.830. The predicted octanol–water partition coefficient (Wildman–Crippen LogP) is 3.31. The van der Waals surface area contributed by atoms with Crippen molar-refractivity contribution in [3.8, 4) is 0 Å². The van der Waals surface area contributed by atoms with Gasteiger partial charge in [-0.15, -0.1) is 0 Å². The lowest BCUT2D eigenvalue weighted by Crippen LogP contribution is -2.33. The number of rotatable bonds is 6. The van der Waals surface area contributed by atoms with Crippen molar-refractivity contribution in [1.82, 2.24) is 5.32 Å². The summed E-state index contributed by atoms with van der Waals surface area (Å²) in [4.78, 5) is 10.2. The standard InChI is InChI=1S/C15H22N2O2/c1-2-13-4-3-5-15(13)16-11-10-12-6-8-14(9-7-12)17(18)19/h6-9,13,15-16H,2-5,10-11H2,1H3. The van der Waals surface area contributed by atoms with E-state index < -0.39 is 0 Å². The van der Waals surface area contributed by atoms with Crippen LogP contribution in [0.2, 0.25) is 0 Å². The second kappa shape index (κ2) is 6.66. The highest BCUT2D eigenvalue weighted by molar-refractivity contribution is 5.32. The van der Waals surface area contributed by atoms with Crippen molar-refractivity contribution < 1.29 is 4.92 Å². The molecular weight excluding hydrogens is 240 g/mol. The molecule has 4 heteroatoms. The van der Waals surface area contributed by atoms with Crippen molar-refractivity contribution in [2.24, 2.45) is 5.92 Å². The van der Waals surface area contributed by atoms with E-state index in [1.165, 1.54) is 25.7 Å². The third-order valence-corrected chi connectivity index (χ3v) is 4.15. The fourth-order valence-corrected chi connectivity index (χ4v) is 2.98. The van der Waals surface area contributed by atoms with Crippen molar-refractivity contribution >= 4 is 5.69 Å². The first-order valence-corrected chi connectivity index (χ1v) is 7.17. The van der Waals surface area contributed by atoms with Gasteiger partial charge in [-0.2, -0.15) is 0 Å². The normalized spacial score (nSPS) is 22.6. The van der Waals surface area contributed by atoms with Crippen molar-refractivity contribution in [3.05, 3.63) is 39.9 Å². The van der Waals surface area contributed by atoms with Gasteiger partial charge in [0.15, 0.2) is 0 Å². The molecule has 0 aliphatic heterocycles. The van der Waals surface area contributed by atoms with Crippen molar-refractivity contribution in [2.75, 3.05) is 6.54 Å². The van der Waals surface area contributed by atoms with Gasteiger partial charge in [-0.1, -0.05) is 31.9 Å². The fourth-order valence-electron chi connectivity index (χ4n) is 2.98. The quantitative estimate of drug-likeness (QED) is 0.632. The molecule has 0 bridgehead atoms. The van der Waals surface area contributed by atoms with Crippen LogP contribution in [-0.4, -0.2) is 17.5 Å². The zero-order valence-electron chi connectivity index (χ0n) is 11.5. The Morgan fingerprint density at radius 2 is 2.05 bits per heavy atom. The lowest BCUT2D eigenvalue weighted by atomic mass is 10.0. The summed E-state index contributed by atoms with van der Waals surface area (Å²) in [7, 11) is 0. The Morgan fingerprint density at radius 1 is 1.32 bits per heavy atom. The Kier molecular flexibility index (Phi) is 4.91. The Labute approximate surface area is 114 Å². The third-order valence-electron chi connectivity index (χ3n) is 4.15. The zero-order chi connectivity index (χ0) is 13.7. The van der Waals surface area contributed by atoms with Crippen LogP contribution in [0.15, 0.2) is 24.3 Å². The molecule has 0 saturated heterocycles. The number of benzene rings is 1. The highest BCUT2D eigenvalue weighted by atomic mass is 16.6. The maximum atomic E-state index is 10.6. The summed E-state index contributed by atoms with van der Waals surface area (Å²) >= 11 is 0. The highest BCUT2D eigenvalue weighted by Crippen LogP contribution is 2.27. The maximum Gasteiger partial charge on any atom is 0.269 e. The summed E-state index contributed by atoms with van der Waals surface area (Å²) in [5, 5.41) is 14.2. The molecule has 1 fully saturated rings. The molecule has 4 nitrogen and oxygen atoms in total. The molecule has 1 aromatic rings. The van der Waals surface area contributed by atoms with E-state index in [-0.39, 0.29) is 10.6 Å². The predicted molar refractivity (Wildman–Crippen MR) is 76.2 cm³/mol. The Hall–Kier alpha value is -1.42. The fraction of sp³-hybridized carbons (Fsp3) is 0.600. The molecule has 0 heterocycles. The van der Waals surface area contributed by atoms with Crippen LogP contribution < -0.4 is 5.32 Å². The first-order valence-electron chi connectivity index (χ1n) is 7.17. The molecule has 0 spiro atoms. The van der Waals surface area contributed by atoms with E-state index in [9.17, 15) is 10.1 Å². The molecule has 0 aromatic heterocycles. The van der Waals surface area contributed by atoms with Gasteiger partial charge in [-0.05, 0) is 37.3 Å². The van der Waals surface area contributed by atoms with Crippen LogP contribution in [0.3, 0.4) is 0 Å². The van der Waals surface area contributed by atoms with Crippen LogP contribution >= 0.6 is 0 Å². The number of hydrogen-bond donors (Lipinski definition) is 1. The number of nitro benzene ring substituents is 1. The average molecular weight is 262 g/mol. The topological polar surface area (TPSA) is 55.2 Å². The summed E-state index contributed by atoms with van der Waals surface area (Å²) < 4.78 is 0. The first kappa shape index (κ1) is 14.0. The molecule has 2 atom stereocenters. The molecule has 2 rings (SSSR count). The van der Waals surface area contributed by atoms with Gasteiger partial charge in [-0.3, -0.25) is 10.1 Å². The molecule has 0 radical (unpaired) electrons. The van der Waals surface area contributed by atoms with Gasteiger partial charge < -0.3 is 5.32 Å². The van der Waals surface area contributed by atoms with Crippen molar-refractivity contribution in [2.45, 2.75) is 45.1 Å². The highest BCUT2D eigenvalue weighted by Gasteiger charge is 2.24. The van der Waals surface area contributed by atoms with E-state index in [1.807, 2.05) is 12.1 Å². The second-order valence-electron chi connectivity index (χ2n) is 5.33. The van der Waals surface area contributed by atoms with E-state index in [0.29, 0.717) is 6.04 Å². The SMILES string of the molecule is CCC1CCCC1NCCc1ccc([N+](=O)[O-])cc1. The molecule has 0 amide bonds. The number of nitro groups is 1. The first-order chi connectivity index (χ1) is 9.20. The van der Waals surface area contributed by atoms with Crippen molar-refractivity contribution in [3.63, 3.8) is 0 Å². The number of nitrogens with one attached hydrogen (secondary N) is 1. The van der Waals surface area contributed by atoms with Crippen LogP contribution in [0.1, 0.15) is 38.2 Å². The van der Waals surface area contributed by atoms with Gasteiger partial charge in [0.25, 0.3) is 5.69 Å². The smallest absolute Gasteiger partial charge is 0.269 e. The molecular formula is C15H22N2O2. The maximum absolute atomic E-state index is 10.6. The molecule has 1 aromatic carbocycles. The van der Waals surface area contributed by atoms with E-state index in [4.69, 9.17) is 0 Å². The molecule has 1 aliphatic carbocycles. The summed E-state index contributed by atoms with van der Waals surface area (Å²) in [6.07, 6.45) is 6.18. The van der Waals surface area contributed by atoms with Gasteiger partial charge in [-0.25, -0.2) is 0 Å². The zero-order valence-corrected chi connectivity index (χ0v) is 11.5. The van der Waals surface area contributed by atoms with E-state index >= 15 is 0 Å². The van der Waals surface area contributed by atoms with E-state index in [2.05, 4.69) is 12.2 Å². The molecule has 19 heavy (non-hydrogen) atoms. The lowest BCUT2D eigenvalue weighted by Gasteiger charge is -2.19. The number of non-ortho nitro benzene ring substituents is 1. The minimum Gasteiger partial charge on any atom is -0.313 e. The second-order valence-corrected chi connectivity index (χ2v) is 5.33. The number of nitrogens with zero attached hydrogens (tertiary/aromatic N) is 1. The summed E-state index contributed by atoms with van der Waals surface area (Å²) in [6.45, 7) is 3.22. The van der Waals surface area contributed by atoms with Crippen molar-refractivity contribution in [1.29, 1.82) is 0 Å². The van der Waals surface area contributed by atoms with Crippen LogP contribution in [0.25, 0.3) is 0 Å².